The molecule has 28 heavy (non-hydrogen) atoms. The van der Waals surface area contributed by atoms with E-state index in [2.05, 4.69) is 10.4 Å². The van der Waals surface area contributed by atoms with E-state index in [1.807, 2.05) is 30.5 Å². The lowest BCUT2D eigenvalue weighted by atomic mass is 9.97. The van der Waals surface area contributed by atoms with Crippen LogP contribution in [0.25, 0.3) is 5.52 Å². The maximum Gasteiger partial charge on any atom is 0.276 e. The first-order valence-corrected chi connectivity index (χ1v) is 10.1. The maximum absolute atomic E-state index is 12.9. The number of hydrogen-bond acceptors (Lipinski definition) is 3. The number of aryl methyl sites for hydroxylation is 3. The Bertz CT molecular complexity index is 1050. The molecule has 1 aromatic carbocycles. The Morgan fingerprint density at radius 3 is 2.75 bits per heavy atom. The van der Waals surface area contributed by atoms with Gasteiger partial charge in [0.15, 0.2) is 0 Å². The molecule has 0 atom stereocenters. The second-order valence-corrected chi connectivity index (χ2v) is 7.64. The fourth-order valence-corrected chi connectivity index (χ4v) is 3.87. The topological polar surface area (TPSA) is 68.4 Å². The predicted molar refractivity (Wildman–Crippen MR) is 109 cm³/mol. The van der Waals surface area contributed by atoms with Gasteiger partial charge < -0.3 is 9.88 Å². The Morgan fingerprint density at radius 2 is 1.93 bits per heavy atom. The first-order valence-electron chi connectivity index (χ1n) is 9.72. The van der Waals surface area contributed by atoms with E-state index in [-0.39, 0.29) is 17.9 Å². The zero-order chi connectivity index (χ0) is 19.5. The van der Waals surface area contributed by atoms with E-state index in [4.69, 9.17) is 11.6 Å². The summed E-state index contributed by atoms with van der Waals surface area (Å²) in [5, 5.41) is 8.16. The molecule has 2 aromatic heterocycles. The van der Waals surface area contributed by atoms with E-state index in [0.717, 1.165) is 48.9 Å². The summed E-state index contributed by atoms with van der Waals surface area (Å²) in [7, 11) is 0. The minimum Gasteiger partial charge on any atom is -0.356 e. The number of fused-ring (bicyclic) bond motifs is 3. The van der Waals surface area contributed by atoms with Crippen molar-refractivity contribution < 1.29 is 4.79 Å². The van der Waals surface area contributed by atoms with Crippen LogP contribution in [0.3, 0.4) is 0 Å². The van der Waals surface area contributed by atoms with Crippen LogP contribution in [0.4, 0.5) is 0 Å². The molecule has 1 amide bonds. The van der Waals surface area contributed by atoms with Crippen LogP contribution in [-0.2, 0) is 30.6 Å². The molecule has 1 aliphatic carbocycles. The number of nitrogens with one attached hydrogen (secondary N) is 1. The van der Waals surface area contributed by atoms with Crippen molar-refractivity contribution in [3.63, 3.8) is 0 Å². The van der Waals surface area contributed by atoms with Crippen LogP contribution in [-0.4, -0.2) is 26.6 Å². The summed E-state index contributed by atoms with van der Waals surface area (Å²) < 4.78 is 3.31. The standard InChI is InChI=1S/C21H23ClN4O2/c22-16-7-5-15(6-8-16)9-11-23-19(27)10-12-25-13-14-26-20(21(25)28)17-3-1-2-4-18(17)24-26/h5-8,13-14H,1-4,9-12H2,(H,23,27). The Morgan fingerprint density at radius 1 is 1.14 bits per heavy atom. The predicted octanol–water partition coefficient (Wildman–Crippen LogP) is 2.78. The number of aromatic nitrogens is 3. The Kier molecular flexibility index (Phi) is 5.48. The molecule has 0 aliphatic heterocycles. The number of carbonyl (C=O) groups is 1. The SMILES string of the molecule is O=C(CCn1ccn2nc3c(c2c1=O)CCCC3)NCCc1ccc(Cl)cc1. The fraction of sp³-hybridized carbons (Fsp3) is 0.381. The fourth-order valence-electron chi connectivity index (χ4n) is 3.74. The van der Waals surface area contributed by atoms with Gasteiger partial charge in [0.05, 0.1) is 5.69 Å². The van der Waals surface area contributed by atoms with Crippen LogP contribution in [0.5, 0.6) is 0 Å². The van der Waals surface area contributed by atoms with Crippen molar-refractivity contribution in [3.8, 4) is 0 Å². The molecule has 0 saturated carbocycles. The lowest BCUT2D eigenvalue weighted by Crippen LogP contribution is -2.29. The third-order valence-electron chi connectivity index (χ3n) is 5.26. The monoisotopic (exact) mass is 398 g/mol. The summed E-state index contributed by atoms with van der Waals surface area (Å²) in [6, 6.07) is 7.60. The maximum atomic E-state index is 12.9. The second kappa shape index (κ2) is 8.19. The molecule has 1 aliphatic rings. The number of rotatable bonds is 6. The van der Waals surface area contributed by atoms with Gasteiger partial charge in [-0.2, -0.15) is 5.10 Å². The summed E-state index contributed by atoms with van der Waals surface area (Å²) in [5.41, 5.74) is 3.85. The van der Waals surface area contributed by atoms with Gasteiger partial charge in [-0.1, -0.05) is 23.7 Å². The molecule has 3 aromatic rings. The zero-order valence-electron chi connectivity index (χ0n) is 15.7. The smallest absolute Gasteiger partial charge is 0.276 e. The average molecular weight is 399 g/mol. The van der Waals surface area contributed by atoms with Gasteiger partial charge in [-0.25, -0.2) is 4.52 Å². The largest absolute Gasteiger partial charge is 0.356 e. The highest BCUT2D eigenvalue weighted by Gasteiger charge is 2.19. The lowest BCUT2D eigenvalue weighted by molar-refractivity contribution is -0.121. The molecule has 0 radical (unpaired) electrons. The highest BCUT2D eigenvalue weighted by atomic mass is 35.5. The van der Waals surface area contributed by atoms with Crippen LogP contribution < -0.4 is 10.9 Å². The molecule has 0 bridgehead atoms. The summed E-state index contributed by atoms with van der Waals surface area (Å²) in [4.78, 5) is 25.0. The summed E-state index contributed by atoms with van der Waals surface area (Å²) in [6.07, 6.45) is 8.61. The Balaban J connectivity index is 1.36. The third-order valence-corrected chi connectivity index (χ3v) is 5.51. The summed E-state index contributed by atoms with van der Waals surface area (Å²) in [6.45, 7) is 0.923. The first kappa shape index (κ1) is 18.7. The molecule has 0 saturated heterocycles. The van der Waals surface area contributed by atoms with Crippen molar-refractivity contribution in [1.29, 1.82) is 0 Å². The summed E-state index contributed by atoms with van der Waals surface area (Å²) >= 11 is 5.87. The Labute approximate surface area is 168 Å². The van der Waals surface area contributed by atoms with Gasteiger partial charge in [0, 0.05) is 42.5 Å². The molecule has 0 unspecified atom stereocenters. The average Bonchev–Trinajstić information content (AvgIpc) is 3.08. The van der Waals surface area contributed by atoms with Crippen LogP contribution in [0, 0.1) is 0 Å². The number of carbonyl (C=O) groups excluding carboxylic acids is 1. The number of amides is 1. The molecule has 2 heterocycles. The number of hydrogen-bond donors (Lipinski definition) is 1. The minimum atomic E-state index is -0.0629. The highest BCUT2D eigenvalue weighted by molar-refractivity contribution is 6.30. The van der Waals surface area contributed by atoms with Gasteiger partial charge in [0.25, 0.3) is 5.56 Å². The van der Waals surface area contributed by atoms with E-state index < -0.39 is 0 Å². The second-order valence-electron chi connectivity index (χ2n) is 7.20. The molecule has 0 spiro atoms. The van der Waals surface area contributed by atoms with Gasteiger partial charge in [0.1, 0.15) is 5.52 Å². The molecule has 1 N–H and O–H groups in total. The molecular weight excluding hydrogens is 376 g/mol. The van der Waals surface area contributed by atoms with Crippen molar-refractivity contribution in [3.05, 3.63) is 68.9 Å². The third kappa shape index (κ3) is 3.97. The highest BCUT2D eigenvalue weighted by Crippen LogP contribution is 2.22. The normalized spacial score (nSPS) is 13.5. The van der Waals surface area contributed by atoms with Crippen LogP contribution >= 0.6 is 11.6 Å². The van der Waals surface area contributed by atoms with Crippen molar-refractivity contribution in [2.45, 2.75) is 45.1 Å². The minimum absolute atomic E-state index is 0.0590. The van der Waals surface area contributed by atoms with Gasteiger partial charge in [-0.3, -0.25) is 9.59 Å². The van der Waals surface area contributed by atoms with Gasteiger partial charge in [-0.15, -0.1) is 0 Å². The van der Waals surface area contributed by atoms with Crippen LogP contribution in [0.1, 0.15) is 36.1 Å². The molecule has 6 nitrogen and oxygen atoms in total. The number of benzene rings is 1. The van der Waals surface area contributed by atoms with Crippen molar-refractivity contribution >= 4 is 23.0 Å². The molecule has 0 fully saturated rings. The van der Waals surface area contributed by atoms with Crippen LogP contribution in [0.15, 0.2) is 41.5 Å². The summed E-state index contributed by atoms with van der Waals surface area (Å²) in [5.74, 6) is -0.0590. The van der Waals surface area contributed by atoms with Gasteiger partial charge in [0.2, 0.25) is 5.91 Å². The van der Waals surface area contributed by atoms with E-state index in [9.17, 15) is 9.59 Å². The van der Waals surface area contributed by atoms with E-state index in [0.29, 0.717) is 23.6 Å². The lowest BCUT2D eigenvalue weighted by Gasteiger charge is -2.10. The molecule has 146 valence electrons. The number of nitrogens with zero attached hydrogens (tertiary/aromatic N) is 3. The van der Waals surface area contributed by atoms with Gasteiger partial charge >= 0.3 is 0 Å². The zero-order valence-corrected chi connectivity index (χ0v) is 16.4. The molecular formula is C21H23ClN4O2. The van der Waals surface area contributed by atoms with Crippen molar-refractivity contribution in [2.75, 3.05) is 6.54 Å². The molecule has 4 rings (SSSR count). The van der Waals surface area contributed by atoms with Gasteiger partial charge in [-0.05, 0) is 49.8 Å². The van der Waals surface area contributed by atoms with Crippen molar-refractivity contribution in [2.24, 2.45) is 0 Å². The van der Waals surface area contributed by atoms with Crippen LogP contribution in [0.2, 0.25) is 5.02 Å². The Hall–Kier alpha value is -2.60. The number of halogens is 1. The van der Waals surface area contributed by atoms with E-state index >= 15 is 0 Å². The van der Waals surface area contributed by atoms with Crippen molar-refractivity contribution in [1.82, 2.24) is 19.5 Å². The van der Waals surface area contributed by atoms with E-state index in [1.165, 1.54) is 0 Å². The molecule has 7 heteroatoms. The quantitative estimate of drug-likeness (QED) is 0.694. The van der Waals surface area contributed by atoms with E-state index in [1.54, 1.807) is 15.3 Å². The first-order chi connectivity index (χ1) is 13.6.